The summed E-state index contributed by atoms with van der Waals surface area (Å²) in [5, 5.41) is 3.26. The molecule has 1 saturated carbocycles. The van der Waals surface area contributed by atoms with Gasteiger partial charge in [0, 0.05) is 15.8 Å². The molecule has 1 aliphatic carbocycles. The maximum Gasteiger partial charge on any atom is 0.113 e. The molecule has 3 rings (SSSR count). The van der Waals surface area contributed by atoms with Gasteiger partial charge in [0.2, 0.25) is 0 Å². The van der Waals surface area contributed by atoms with Crippen molar-refractivity contribution in [3.05, 3.63) is 34.7 Å². The summed E-state index contributed by atoms with van der Waals surface area (Å²) in [6.45, 7) is 2.30. The third kappa shape index (κ3) is 3.17. The molecule has 1 aromatic heterocycles. The second-order valence-corrected chi connectivity index (χ2v) is 7.86. The minimum atomic E-state index is -0.209. The summed E-state index contributed by atoms with van der Waals surface area (Å²) in [7, 11) is 0. The standard InChI is InChI=1S/C17H22N2S2/c1-12-4-3-9-17(18,10-12)16-19-15(11-21-16)13-5-7-14(20-2)8-6-13/h5-8,11-12H,3-4,9-10,18H2,1-2H3. The van der Waals surface area contributed by atoms with E-state index in [1.54, 1.807) is 23.1 Å². The number of thiazole rings is 1. The summed E-state index contributed by atoms with van der Waals surface area (Å²) in [5.41, 5.74) is 8.69. The molecule has 2 atom stereocenters. The van der Waals surface area contributed by atoms with Crippen LogP contribution in [0.15, 0.2) is 34.5 Å². The lowest BCUT2D eigenvalue weighted by molar-refractivity contribution is 0.238. The van der Waals surface area contributed by atoms with Crippen molar-refractivity contribution in [3.8, 4) is 11.3 Å². The van der Waals surface area contributed by atoms with Crippen molar-refractivity contribution in [2.75, 3.05) is 6.26 Å². The van der Waals surface area contributed by atoms with Crippen LogP contribution in [-0.4, -0.2) is 11.2 Å². The molecule has 2 aromatic rings. The number of benzene rings is 1. The van der Waals surface area contributed by atoms with Crippen molar-refractivity contribution in [2.24, 2.45) is 11.7 Å². The molecule has 2 N–H and O–H groups in total. The highest BCUT2D eigenvalue weighted by molar-refractivity contribution is 7.98. The minimum Gasteiger partial charge on any atom is -0.319 e. The van der Waals surface area contributed by atoms with E-state index in [-0.39, 0.29) is 5.54 Å². The first-order valence-corrected chi connectivity index (χ1v) is 9.60. The zero-order valence-corrected chi connectivity index (χ0v) is 14.3. The summed E-state index contributed by atoms with van der Waals surface area (Å²) in [6.07, 6.45) is 6.74. The number of nitrogens with zero attached hydrogens (tertiary/aromatic N) is 1. The Kier molecular flexibility index (Phi) is 4.38. The van der Waals surface area contributed by atoms with Gasteiger partial charge in [-0.15, -0.1) is 23.1 Å². The Hall–Kier alpha value is -0.840. The fraction of sp³-hybridized carbons (Fsp3) is 0.471. The number of nitrogens with two attached hydrogens (primary N) is 1. The molecule has 0 radical (unpaired) electrons. The molecule has 1 aromatic carbocycles. The van der Waals surface area contributed by atoms with Crippen molar-refractivity contribution in [3.63, 3.8) is 0 Å². The highest BCUT2D eigenvalue weighted by Crippen LogP contribution is 2.40. The van der Waals surface area contributed by atoms with Crippen LogP contribution < -0.4 is 5.73 Å². The highest BCUT2D eigenvalue weighted by atomic mass is 32.2. The van der Waals surface area contributed by atoms with Crippen LogP contribution in [0.5, 0.6) is 0 Å². The van der Waals surface area contributed by atoms with Gasteiger partial charge in [-0.25, -0.2) is 4.98 Å². The maximum atomic E-state index is 6.65. The molecule has 21 heavy (non-hydrogen) atoms. The molecular formula is C17H22N2S2. The first-order chi connectivity index (χ1) is 10.1. The molecule has 0 bridgehead atoms. The molecule has 0 saturated heterocycles. The molecule has 2 unspecified atom stereocenters. The Morgan fingerprint density at radius 1 is 1.33 bits per heavy atom. The Labute approximate surface area is 135 Å². The number of hydrogen-bond donors (Lipinski definition) is 1. The largest absolute Gasteiger partial charge is 0.319 e. The molecule has 0 spiro atoms. The summed E-state index contributed by atoms with van der Waals surface area (Å²) < 4.78 is 0. The van der Waals surface area contributed by atoms with Crippen molar-refractivity contribution >= 4 is 23.1 Å². The van der Waals surface area contributed by atoms with E-state index in [9.17, 15) is 0 Å². The van der Waals surface area contributed by atoms with Crippen LogP contribution in [0.4, 0.5) is 0 Å². The Morgan fingerprint density at radius 2 is 2.10 bits per heavy atom. The topological polar surface area (TPSA) is 38.9 Å². The maximum absolute atomic E-state index is 6.65. The zero-order chi connectivity index (χ0) is 14.9. The molecule has 4 heteroatoms. The molecule has 2 nitrogen and oxygen atoms in total. The predicted molar refractivity (Wildman–Crippen MR) is 92.8 cm³/mol. The predicted octanol–water partition coefficient (Wildman–Crippen LogP) is 4.90. The average Bonchev–Trinajstić information content (AvgIpc) is 2.98. The summed E-state index contributed by atoms with van der Waals surface area (Å²) in [6, 6.07) is 8.61. The molecule has 0 aliphatic heterocycles. The number of hydrogen-bond acceptors (Lipinski definition) is 4. The molecule has 112 valence electrons. The minimum absolute atomic E-state index is 0.209. The van der Waals surface area contributed by atoms with Gasteiger partial charge in [-0.05, 0) is 37.1 Å². The van der Waals surface area contributed by atoms with E-state index in [1.807, 2.05) is 0 Å². The van der Waals surface area contributed by atoms with Crippen LogP contribution in [0.25, 0.3) is 11.3 Å². The van der Waals surface area contributed by atoms with Crippen LogP contribution in [0.2, 0.25) is 0 Å². The summed E-state index contributed by atoms with van der Waals surface area (Å²) >= 11 is 3.48. The second kappa shape index (κ2) is 6.11. The van der Waals surface area contributed by atoms with Gasteiger partial charge in [0.1, 0.15) is 5.01 Å². The lowest BCUT2D eigenvalue weighted by atomic mass is 9.77. The van der Waals surface area contributed by atoms with Gasteiger partial charge in [0.05, 0.1) is 11.2 Å². The van der Waals surface area contributed by atoms with E-state index in [1.165, 1.54) is 23.3 Å². The molecule has 1 fully saturated rings. The number of thioether (sulfide) groups is 1. The third-order valence-electron chi connectivity index (χ3n) is 4.35. The number of aromatic nitrogens is 1. The van der Waals surface area contributed by atoms with Crippen molar-refractivity contribution < 1.29 is 0 Å². The Morgan fingerprint density at radius 3 is 2.76 bits per heavy atom. The first kappa shape index (κ1) is 15.1. The van der Waals surface area contributed by atoms with Gasteiger partial charge in [-0.3, -0.25) is 0 Å². The normalized spacial score (nSPS) is 26.0. The smallest absolute Gasteiger partial charge is 0.113 e. The first-order valence-electron chi connectivity index (χ1n) is 7.50. The van der Waals surface area contributed by atoms with Crippen LogP contribution in [0.1, 0.15) is 37.6 Å². The lowest BCUT2D eigenvalue weighted by Crippen LogP contribution is -2.40. The van der Waals surface area contributed by atoms with Crippen molar-refractivity contribution in [1.82, 2.24) is 4.98 Å². The van der Waals surface area contributed by atoms with Gasteiger partial charge in [0.15, 0.2) is 0 Å². The van der Waals surface area contributed by atoms with Crippen molar-refractivity contribution in [1.29, 1.82) is 0 Å². The van der Waals surface area contributed by atoms with Crippen LogP contribution >= 0.6 is 23.1 Å². The van der Waals surface area contributed by atoms with E-state index < -0.39 is 0 Å². The third-order valence-corrected chi connectivity index (χ3v) is 6.15. The van der Waals surface area contributed by atoms with Gasteiger partial charge >= 0.3 is 0 Å². The Balaban J connectivity index is 1.85. The summed E-state index contributed by atoms with van der Waals surface area (Å²) in [5.74, 6) is 0.706. The van der Waals surface area contributed by atoms with Gasteiger partial charge < -0.3 is 5.73 Å². The molecular weight excluding hydrogens is 296 g/mol. The van der Waals surface area contributed by atoms with Crippen LogP contribution in [-0.2, 0) is 5.54 Å². The van der Waals surface area contributed by atoms with Gasteiger partial charge in [-0.2, -0.15) is 0 Å². The SMILES string of the molecule is CSc1ccc(-c2csc(C3(N)CCCC(C)C3)n2)cc1. The fourth-order valence-corrected chi connectivity index (χ4v) is 4.57. The molecule has 0 amide bonds. The van der Waals surface area contributed by atoms with E-state index in [4.69, 9.17) is 10.7 Å². The molecule has 1 aliphatic rings. The lowest BCUT2D eigenvalue weighted by Gasteiger charge is -2.35. The van der Waals surface area contributed by atoms with E-state index >= 15 is 0 Å². The fourth-order valence-electron chi connectivity index (χ4n) is 3.18. The quantitative estimate of drug-likeness (QED) is 0.818. The summed E-state index contributed by atoms with van der Waals surface area (Å²) in [4.78, 5) is 6.14. The van der Waals surface area contributed by atoms with Crippen LogP contribution in [0.3, 0.4) is 0 Å². The number of rotatable bonds is 3. The van der Waals surface area contributed by atoms with E-state index in [0.29, 0.717) is 5.92 Å². The van der Waals surface area contributed by atoms with Crippen LogP contribution in [0, 0.1) is 5.92 Å². The highest BCUT2D eigenvalue weighted by Gasteiger charge is 2.35. The second-order valence-electron chi connectivity index (χ2n) is 6.12. The zero-order valence-electron chi connectivity index (χ0n) is 12.6. The monoisotopic (exact) mass is 318 g/mol. The van der Waals surface area contributed by atoms with E-state index in [2.05, 4.69) is 42.8 Å². The van der Waals surface area contributed by atoms with Gasteiger partial charge in [-0.1, -0.05) is 31.9 Å². The Bertz CT molecular complexity index is 606. The van der Waals surface area contributed by atoms with Gasteiger partial charge in [0.25, 0.3) is 0 Å². The van der Waals surface area contributed by atoms with E-state index in [0.717, 1.165) is 23.5 Å². The molecule has 1 heterocycles. The van der Waals surface area contributed by atoms with Crippen molar-refractivity contribution in [2.45, 2.75) is 43.0 Å². The average molecular weight is 319 g/mol.